The Morgan fingerprint density at radius 2 is 2.00 bits per heavy atom. The van der Waals surface area contributed by atoms with Gasteiger partial charge in [-0.15, -0.1) is 5.10 Å². The molecule has 8 nitrogen and oxygen atoms in total. The van der Waals surface area contributed by atoms with Crippen molar-refractivity contribution in [1.82, 2.24) is 14.7 Å². The van der Waals surface area contributed by atoms with Gasteiger partial charge in [0.15, 0.2) is 0 Å². The Balaban J connectivity index is 1.54. The molecular weight excluding hydrogens is 396 g/mol. The zero-order valence-corrected chi connectivity index (χ0v) is 18.4. The molecule has 0 spiro atoms. The number of benzene rings is 1. The molecule has 8 heteroatoms. The number of ether oxygens (including phenoxy) is 2. The minimum Gasteiger partial charge on any atom is -0.473 e. The number of carbonyl (C=O) groups is 1. The summed E-state index contributed by atoms with van der Waals surface area (Å²) in [4.78, 5) is 26.4. The van der Waals surface area contributed by atoms with Crippen LogP contribution in [-0.4, -0.2) is 54.1 Å². The van der Waals surface area contributed by atoms with Crippen molar-refractivity contribution in [3.05, 3.63) is 52.3 Å². The zero-order valence-electron chi connectivity index (χ0n) is 18.4. The third-order valence-corrected chi connectivity index (χ3v) is 5.17. The van der Waals surface area contributed by atoms with Gasteiger partial charge >= 0.3 is 6.09 Å². The molecule has 0 unspecified atom stereocenters. The Kier molecular flexibility index (Phi) is 8.46. The van der Waals surface area contributed by atoms with Crippen LogP contribution in [0.15, 0.2) is 41.2 Å². The van der Waals surface area contributed by atoms with E-state index in [4.69, 9.17) is 9.47 Å². The van der Waals surface area contributed by atoms with Crippen LogP contribution in [0.3, 0.4) is 0 Å². The molecule has 1 N–H and O–H groups in total. The van der Waals surface area contributed by atoms with Gasteiger partial charge in [-0.3, -0.25) is 10.1 Å². The van der Waals surface area contributed by atoms with Crippen LogP contribution in [-0.2, 0) is 11.3 Å². The second-order valence-electron chi connectivity index (χ2n) is 8.16. The molecule has 1 fully saturated rings. The van der Waals surface area contributed by atoms with Crippen LogP contribution >= 0.6 is 0 Å². The van der Waals surface area contributed by atoms with Gasteiger partial charge in [-0.1, -0.05) is 12.1 Å². The molecule has 0 bridgehead atoms. The van der Waals surface area contributed by atoms with Crippen molar-refractivity contribution in [3.8, 4) is 5.88 Å². The van der Waals surface area contributed by atoms with Crippen LogP contribution in [0, 0.1) is 0 Å². The first kappa shape index (κ1) is 22.8. The lowest BCUT2D eigenvalue weighted by Crippen LogP contribution is -2.24. The Morgan fingerprint density at radius 1 is 1.19 bits per heavy atom. The van der Waals surface area contributed by atoms with E-state index in [-0.39, 0.29) is 18.2 Å². The maximum Gasteiger partial charge on any atom is 0.411 e. The number of unbranched alkanes of at least 4 members (excludes halogenated alkanes) is 1. The van der Waals surface area contributed by atoms with E-state index in [1.165, 1.54) is 23.6 Å². The second kappa shape index (κ2) is 11.5. The molecule has 3 rings (SSSR count). The lowest BCUT2D eigenvalue weighted by Gasteiger charge is -2.13. The van der Waals surface area contributed by atoms with E-state index in [1.54, 1.807) is 12.1 Å². The SMILES string of the molecule is CN(C)CCCCOC(=O)Nc1cccc(Cn2nc(OC3CCCC3)ccc2=O)c1. The summed E-state index contributed by atoms with van der Waals surface area (Å²) in [7, 11) is 4.03. The molecule has 1 saturated carbocycles. The first-order chi connectivity index (χ1) is 15.0. The summed E-state index contributed by atoms with van der Waals surface area (Å²) in [5.41, 5.74) is 1.26. The summed E-state index contributed by atoms with van der Waals surface area (Å²) < 4.78 is 12.5. The Morgan fingerprint density at radius 3 is 2.77 bits per heavy atom. The van der Waals surface area contributed by atoms with Crippen LogP contribution in [0.5, 0.6) is 5.88 Å². The van der Waals surface area contributed by atoms with Gasteiger partial charge < -0.3 is 14.4 Å². The molecule has 0 saturated heterocycles. The topological polar surface area (TPSA) is 85.7 Å². The van der Waals surface area contributed by atoms with Crippen molar-refractivity contribution in [2.24, 2.45) is 0 Å². The first-order valence-electron chi connectivity index (χ1n) is 10.9. The van der Waals surface area contributed by atoms with E-state index in [0.29, 0.717) is 18.2 Å². The van der Waals surface area contributed by atoms with Gasteiger partial charge in [-0.2, -0.15) is 0 Å². The molecule has 1 amide bonds. The fourth-order valence-electron chi connectivity index (χ4n) is 3.55. The van der Waals surface area contributed by atoms with Crippen molar-refractivity contribution in [1.29, 1.82) is 0 Å². The van der Waals surface area contributed by atoms with Crippen molar-refractivity contribution >= 4 is 11.8 Å². The molecule has 1 heterocycles. The highest BCUT2D eigenvalue weighted by Crippen LogP contribution is 2.22. The van der Waals surface area contributed by atoms with Gasteiger partial charge in [0.2, 0.25) is 5.88 Å². The van der Waals surface area contributed by atoms with Gasteiger partial charge in [0.25, 0.3) is 5.56 Å². The average molecular weight is 429 g/mol. The van der Waals surface area contributed by atoms with E-state index in [1.807, 2.05) is 32.3 Å². The molecule has 0 aliphatic heterocycles. The summed E-state index contributed by atoms with van der Waals surface area (Å²) in [5, 5.41) is 7.10. The van der Waals surface area contributed by atoms with Crippen LogP contribution in [0.25, 0.3) is 0 Å². The quantitative estimate of drug-likeness (QED) is 0.583. The number of amides is 1. The van der Waals surface area contributed by atoms with Gasteiger partial charge in [0.05, 0.1) is 13.2 Å². The van der Waals surface area contributed by atoms with Crippen LogP contribution in [0.2, 0.25) is 0 Å². The summed E-state index contributed by atoms with van der Waals surface area (Å²) >= 11 is 0. The maximum atomic E-state index is 12.2. The Labute approximate surface area is 183 Å². The van der Waals surface area contributed by atoms with E-state index in [9.17, 15) is 9.59 Å². The summed E-state index contributed by atoms with van der Waals surface area (Å²) in [6.45, 7) is 1.63. The largest absolute Gasteiger partial charge is 0.473 e. The fourth-order valence-corrected chi connectivity index (χ4v) is 3.55. The van der Waals surface area contributed by atoms with E-state index in [0.717, 1.165) is 37.8 Å². The Bertz CT molecular complexity index is 906. The average Bonchev–Trinajstić information content (AvgIpc) is 3.23. The summed E-state index contributed by atoms with van der Waals surface area (Å²) in [5.74, 6) is 0.471. The first-order valence-corrected chi connectivity index (χ1v) is 10.9. The van der Waals surface area contributed by atoms with E-state index >= 15 is 0 Å². The molecule has 168 valence electrons. The highest BCUT2D eigenvalue weighted by Gasteiger charge is 2.17. The van der Waals surface area contributed by atoms with E-state index < -0.39 is 6.09 Å². The normalized spacial score (nSPS) is 14.0. The number of rotatable bonds is 10. The van der Waals surface area contributed by atoms with E-state index in [2.05, 4.69) is 15.3 Å². The Hall–Kier alpha value is -2.87. The minimum absolute atomic E-state index is 0.180. The number of aromatic nitrogens is 2. The highest BCUT2D eigenvalue weighted by molar-refractivity contribution is 5.84. The van der Waals surface area contributed by atoms with Crippen LogP contribution < -0.4 is 15.6 Å². The standard InChI is InChI=1S/C23H32N4O4/c1-26(2)14-5-6-15-30-23(29)24-19-9-7-8-18(16-19)17-27-22(28)13-12-21(25-27)31-20-10-3-4-11-20/h7-9,12-13,16,20H,3-6,10-11,14-15,17H2,1-2H3,(H,24,29). The van der Waals surface area contributed by atoms with Crippen LogP contribution in [0.4, 0.5) is 10.5 Å². The fraction of sp³-hybridized carbons (Fsp3) is 0.522. The van der Waals surface area contributed by atoms with Crippen molar-refractivity contribution in [2.75, 3.05) is 32.6 Å². The number of nitrogens with zero attached hydrogens (tertiary/aromatic N) is 3. The number of hydrogen-bond acceptors (Lipinski definition) is 6. The molecule has 31 heavy (non-hydrogen) atoms. The van der Waals surface area contributed by atoms with Crippen molar-refractivity contribution in [2.45, 2.75) is 51.2 Å². The molecule has 0 atom stereocenters. The number of hydrogen-bond donors (Lipinski definition) is 1. The lowest BCUT2D eigenvalue weighted by molar-refractivity contribution is 0.158. The lowest BCUT2D eigenvalue weighted by atomic mass is 10.2. The summed E-state index contributed by atoms with van der Waals surface area (Å²) in [6.07, 6.45) is 5.89. The third kappa shape index (κ3) is 7.71. The summed E-state index contributed by atoms with van der Waals surface area (Å²) in [6, 6.07) is 10.4. The van der Waals surface area contributed by atoms with Crippen molar-refractivity contribution in [3.63, 3.8) is 0 Å². The van der Waals surface area contributed by atoms with Gasteiger partial charge in [-0.25, -0.2) is 9.48 Å². The smallest absolute Gasteiger partial charge is 0.411 e. The monoisotopic (exact) mass is 428 g/mol. The van der Waals surface area contributed by atoms with Gasteiger partial charge in [-0.05, 0) is 76.9 Å². The molecule has 2 aromatic rings. The zero-order chi connectivity index (χ0) is 22.1. The molecule has 1 aromatic carbocycles. The molecule has 1 aromatic heterocycles. The molecule has 1 aliphatic carbocycles. The molecular formula is C23H32N4O4. The predicted molar refractivity (Wildman–Crippen MR) is 120 cm³/mol. The molecule has 1 aliphatic rings. The molecule has 0 radical (unpaired) electrons. The second-order valence-corrected chi connectivity index (χ2v) is 8.16. The highest BCUT2D eigenvalue weighted by atomic mass is 16.5. The number of carbonyl (C=O) groups excluding carboxylic acids is 1. The number of nitrogens with one attached hydrogen (secondary N) is 1. The van der Waals surface area contributed by atoms with Crippen molar-refractivity contribution < 1.29 is 14.3 Å². The van der Waals surface area contributed by atoms with Gasteiger partial charge in [0.1, 0.15) is 6.10 Å². The minimum atomic E-state index is -0.482. The predicted octanol–water partition coefficient (Wildman–Crippen LogP) is 3.50. The van der Waals surface area contributed by atoms with Crippen LogP contribution in [0.1, 0.15) is 44.1 Å². The maximum absolute atomic E-state index is 12.2. The third-order valence-electron chi connectivity index (χ3n) is 5.17. The number of anilines is 1. The van der Waals surface area contributed by atoms with Gasteiger partial charge in [0, 0.05) is 17.8 Å².